The van der Waals surface area contributed by atoms with E-state index in [1.165, 1.54) is 0 Å². The summed E-state index contributed by atoms with van der Waals surface area (Å²) in [5, 5.41) is 18.1. The first-order chi connectivity index (χ1) is 5.81. The molecule has 1 aromatic rings. The molecule has 0 aromatic heterocycles. The first-order valence-corrected chi connectivity index (χ1v) is 4.00. The van der Waals surface area contributed by atoms with E-state index in [9.17, 15) is 5.11 Å². The van der Waals surface area contributed by atoms with Crippen molar-refractivity contribution in [2.24, 2.45) is 0 Å². The van der Waals surface area contributed by atoms with Gasteiger partial charge in [0.05, 0.1) is 17.7 Å². The molecule has 1 aromatic carbocycles. The minimum Gasteiger partial charge on any atom is -0.392 e. The third kappa shape index (κ3) is 0.992. The fourth-order valence-electron chi connectivity index (χ4n) is 1.73. The number of hydrogen-bond donors (Lipinski definition) is 1. The van der Waals surface area contributed by atoms with Crippen molar-refractivity contribution >= 4 is 0 Å². The second-order valence-corrected chi connectivity index (χ2v) is 3.12. The predicted molar refractivity (Wildman–Crippen MR) is 44.6 cm³/mol. The van der Waals surface area contributed by atoms with Gasteiger partial charge in [0.1, 0.15) is 0 Å². The molecule has 1 aliphatic carbocycles. The highest BCUT2D eigenvalue weighted by Crippen LogP contribution is 2.24. The van der Waals surface area contributed by atoms with Gasteiger partial charge in [0.15, 0.2) is 0 Å². The number of aliphatic hydroxyl groups is 1. The van der Waals surface area contributed by atoms with Crippen LogP contribution in [0.1, 0.15) is 16.7 Å². The van der Waals surface area contributed by atoms with Crippen LogP contribution in [0, 0.1) is 11.3 Å². The molecule has 0 unspecified atom stereocenters. The molecule has 1 N–H and O–H groups in total. The lowest BCUT2D eigenvalue weighted by Gasteiger charge is -1.98. The van der Waals surface area contributed by atoms with Gasteiger partial charge < -0.3 is 5.11 Å². The number of hydrogen-bond acceptors (Lipinski definition) is 2. The van der Waals surface area contributed by atoms with Crippen LogP contribution in [-0.4, -0.2) is 11.2 Å². The van der Waals surface area contributed by atoms with Crippen LogP contribution in [0.4, 0.5) is 0 Å². The highest BCUT2D eigenvalue weighted by molar-refractivity contribution is 5.45. The zero-order chi connectivity index (χ0) is 8.55. The maximum Gasteiger partial charge on any atom is 0.0994 e. The molecule has 2 nitrogen and oxygen atoms in total. The molecule has 1 aliphatic rings. The number of aliphatic hydroxyl groups excluding tert-OH is 1. The Labute approximate surface area is 71.1 Å². The Morgan fingerprint density at radius 3 is 3.00 bits per heavy atom. The number of nitriles is 1. The standard InChI is InChI=1S/C10H9NO/c11-6-8-3-1-2-7-4-9(12)5-10(7)8/h1-3,9,12H,4-5H2/t9-/m0/s1. The molecule has 12 heavy (non-hydrogen) atoms. The van der Waals surface area contributed by atoms with Crippen molar-refractivity contribution in [2.75, 3.05) is 0 Å². The SMILES string of the molecule is N#Cc1cccc2c1C[C@@H](O)C2. The van der Waals surface area contributed by atoms with Crippen molar-refractivity contribution in [3.8, 4) is 6.07 Å². The van der Waals surface area contributed by atoms with Gasteiger partial charge in [0.25, 0.3) is 0 Å². The number of rotatable bonds is 0. The molecule has 2 heteroatoms. The van der Waals surface area contributed by atoms with Crippen LogP contribution in [-0.2, 0) is 12.8 Å². The smallest absolute Gasteiger partial charge is 0.0994 e. The van der Waals surface area contributed by atoms with Crippen LogP contribution in [0.25, 0.3) is 0 Å². The second kappa shape index (κ2) is 2.62. The summed E-state index contributed by atoms with van der Waals surface area (Å²) < 4.78 is 0. The van der Waals surface area contributed by atoms with E-state index in [1.807, 2.05) is 12.1 Å². The summed E-state index contributed by atoms with van der Waals surface area (Å²) >= 11 is 0. The van der Waals surface area contributed by atoms with Crippen LogP contribution in [0.15, 0.2) is 18.2 Å². The minimum atomic E-state index is -0.283. The monoisotopic (exact) mass is 159 g/mol. The molecule has 0 saturated carbocycles. The van der Waals surface area contributed by atoms with E-state index in [-0.39, 0.29) is 6.10 Å². The summed E-state index contributed by atoms with van der Waals surface area (Å²) in [5.41, 5.74) is 2.87. The van der Waals surface area contributed by atoms with Crippen molar-refractivity contribution in [1.82, 2.24) is 0 Å². The molecule has 1 atom stereocenters. The van der Waals surface area contributed by atoms with E-state index in [2.05, 4.69) is 6.07 Å². The van der Waals surface area contributed by atoms with Gasteiger partial charge in [0.2, 0.25) is 0 Å². The topological polar surface area (TPSA) is 44.0 Å². The maximum atomic E-state index is 9.36. The summed E-state index contributed by atoms with van der Waals surface area (Å²) in [7, 11) is 0. The summed E-state index contributed by atoms with van der Waals surface area (Å²) in [6.07, 6.45) is 1.05. The fourth-order valence-corrected chi connectivity index (χ4v) is 1.73. The lowest BCUT2D eigenvalue weighted by molar-refractivity contribution is 0.187. The molecule has 0 fully saturated rings. The Morgan fingerprint density at radius 1 is 1.42 bits per heavy atom. The molecular weight excluding hydrogens is 150 g/mol. The van der Waals surface area contributed by atoms with Crippen LogP contribution < -0.4 is 0 Å². The molecule has 2 rings (SSSR count). The van der Waals surface area contributed by atoms with Gasteiger partial charge in [0, 0.05) is 6.42 Å². The zero-order valence-electron chi connectivity index (χ0n) is 6.62. The first kappa shape index (κ1) is 7.33. The van der Waals surface area contributed by atoms with Crippen LogP contribution in [0.5, 0.6) is 0 Å². The van der Waals surface area contributed by atoms with Gasteiger partial charge in [-0.1, -0.05) is 12.1 Å². The summed E-state index contributed by atoms with van der Waals surface area (Å²) in [4.78, 5) is 0. The van der Waals surface area contributed by atoms with Gasteiger partial charge in [-0.15, -0.1) is 0 Å². The van der Waals surface area contributed by atoms with Gasteiger partial charge >= 0.3 is 0 Å². The van der Waals surface area contributed by atoms with Crippen molar-refractivity contribution in [2.45, 2.75) is 18.9 Å². The Bertz CT molecular complexity index is 351. The molecule has 0 saturated heterocycles. The molecule has 0 amide bonds. The van der Waals surface area contributed by atoms with E-state index < -0.39 is 0 Å². The normalized spacial score (nSPS) is 20.2. The Hall–Kier alpha value is -1.33. The highest BCUT2D eigenvalue weighted by Gasteiger charge is 2.21. The van der Waals surface area contributed by atoms with E-state index in [0.717, 1.165) is 11.1 Å². The van der Waals surface area contributed by atoms with E-state index in [1.54, 1.807) is 6.07 Å². The predicted octanol–water partition coefficient (Wildman–Crippen LogP) is 1.02. The maximum absolute atomic E-state index is 9.36. The van der Waals surface area contributed by atoms with Gasteiger partial charge in [-0.2, -0.15) is 5.26 Å². The lowest BCUT2D eigenvalue weighted by atomic mass is 10.0. The third-order valence-electron chi connectivity index (χ3n) is 2.29. The summed E-state index contributed by atoms with van der Waals surface area (Å²) in [5.74, 6) is 0. The first-order valence-electron chi connectivity index (χ1n) is 4.00. The molecular formula is C10H9NO. The molecule has 0 heterocycles. The number of nitrogens with zero attached hydrogens (tertiary/aromatic N) is 1. The summed E-state index contributed by atoms with van der Waals surface area (Å²) in [6.45, 7) is 0. The van der Waals surface area contributed by atoms with E-state index >= 15 is 0 Å². The number of benzene rings is 1. The third-order valence-corrected chi connectivity index (χ3v) is 2.29. The number of fused-ring (bicyclic) bond motifs is 1. The Kier molecular flexibility index (Phi) is 1.60. The van der Waals surface area contributed by atoms with E-state index in [4.69, 9.17) is 5.26 Å². The van der Waals surface area contributed by atoms with Crippen molar-refractivity contribution in [3.63, 3.8) is 0 Å². The second-order valence-electron chi connectivity index (χ2n) is 3.12. The molecule has 0 radical (unpaired) electrons. The van der Waals surface area contributed by atoms with E-state index in [0.29, 0.717) is 18.4 Å². The van der Waals surface area contributed by atoms with Gasteiger partial charge in [-0.3, -0.25) is 0 Å². The largest absolute Gasteiger partial charge is 0.392 e. The van der Waals surface area contributed by atoms with Crippen LogP contribution in [0.3, 0.4) is 0 Å². The Balaban J connectivity index is 2.53. The quantitative estimate of drug-likeness (QED) is 0.614. The molecule has 60 valence electrons. The molecule has 0 bridgehead atoms. The lowest BCUT2D eigenvalue weighted by Crippen LogP contribution is -2.03. The van der Waals surface area contributed by atoms with Crippen molar-refractivity contribution < 1.29 is 5.11 Å². The van der Waals surface area contributed by atoms with Crippen LogP contribution >= 0.6 is 0 Å². The van der Waals surface area contributed by atoms with Crippen molar-refractivity contribution in [1.29, 1.82) is 5.26 Å². The highest BCUT2D eigenvalue weighted by atomic mass is 16.3. The zero-order valence-corrected chi connectivity index (χ0v) is 6.62. The average molecular weight is 159 g/mol. The van der Waals surface area contributed by atoms with Crippen LogP contribution in [0.2, 0.25) is 0 Å². The molecule has 0 aliphatic heterocycles. The fraction of sp³-hybridized carbons (Fsp3) is 0.300. The average Bonchev–Trinajstić information content (AvgIpc) is 2.44. The van der Waals surface area contributed by atoms with Crippen molar-refractivity contribution in [3.05, 3.63) is 34.9 Å². The Morgan fingerprint density at radius 2 is 2.25 bits per heavy atom. The van der Waals surface area contributed by atoms with Gasteiger partial charge in [-0.05, 0) is 23.6 Å². The molecule has 0 spiro atoms. The van der Waals surface area contributed by atoms with Gasteiger partial charge in [-0.25, -0.2) is 0 Å². The minimum absolute atomic E-state index is 0.283. The summed E-state index contributed by atoms with van der Waals surface area (Å²) in [6, 6.07) is 7.79.